The highest BCUT2D eigenvalue weighted by atomic mass is 32.1. The molecule has 0 atom stereocenters. The van der Waals surface area contributed by atoms with Crippen LogP contribution in [0.4, 0.5) is 11.5 Å². The predicted octanol–water partition coefficient (Wildman–Crippen LogP) is 3.46. The quantitative estimate of drug-likeness (QED) is 0.866. The maximum absolute atomic E-state index is 6.17. The molecule has 102 valence electrons. The highest BCUT2D eigenvalue weighted by molar-refractivity contribution is 7.17. The van der Waals surface area contributed by atoms with Gasteiger partial charge in [0.1, 0.15) is 10.6 Å². The van der Waals surface area contributed by atoms with Crippen molar-refractivity contribution in [3.63, 3.8) is 0 Å². The Morgan fingerprint density at radius 1 is 1.32 bits per heavy atom. The number of aromatic nitrogens is 1. The summed E-state index contributed by atoms with van der Waals surface area (Å²) < 4.78 is 0. The van der Waals surface area contributed by atoms with Crippen LogP contribution in [0, 0.1) is 5.41 Å². The van der Waals surface area contributed by atoms with Gasteiger partial charge in [-0.2, -0.15) is 0 Å². The maximum Gasteiger partial charge on any atom is 0.133 e. The van der Waals surface area contributed by atoms with Crippen molar-refractivity contribution in [3.05, 3.63) is 16.5 Å². The number of nitrogens with zero attached hydrogens (tertiary/aromatic N) is 2. The van der Waals surface area contributed by atoms with Crippen LogP contribution in [0.1, 0.15) is 31.4 Å². The Balaban J connectivity index is 2.33. The molecule has 0 radical (unpaired) electrons. The molecule has 1 aliphatic carbocycles. The highest BCUT2D eigenvalue weighted by Gasteiger charge is 2.30. The summed E-state index contributed by atoms with van der Waals surface area (Å²) in [5, 5.41) is 3.23. The SMILES string of the molecule is CN(C)c1nc2scc(N)c2c2c1CCC(C)(C)C2. The third kappa shape index (κ3) is 1.98. The van der Waals surface area contributed by atoms with E-state index in [0.29, 0.717) is 5.41 Å². The van der Waals surface area contributed by atoms with Gasteiger partial charge in [0.25, 0.3) is 0 Å². The van der Waals surface area contributed by atoms with Crippen LogP contribution in [0.3, 0.4) is 0 Å². The fourth-order valence-electron chi connectivity index (χ4n) is 3.05. The van der Waals surface area contributed by atoms with E-state index in [-0.39, 0.29) is 0 Å². The normalized spacial score (nSPS) is 17.5. The molecule has 19 heavy (non-hydrogen) atoms. The van der Waals surface area contributed by atoms with Crippen LogP contribution in [0.25, 0.3) is 10.2 Å². The fourth-order valence-corrected chi connectivity index (χ4v) is 3.91. The maximum atomic E-state index is 6.17. The number of rotatable bonds is 1. The zero-order valence-electron chi connectivity index (χ0n) is 12.1. The molecule has 3 rings (SSSR count). The van der Waals surface area contributed by atoms with Crippen LogP contribution in [-0.2, 0) is 12.8 Å². The monoisotopic (exact) mass is 275 g/mol. The summed E-state index contributed by atoms with van der Waals surface area (Å²) in [6.07, 6.45) is 3.43. The van der Waals surface area contributed by atoms with E-state index in [9.17, 15) is 0 Å². The van der Waals surface area contributed by atoms with Crippen LogP contribution >= 0.6 is 11.3 Å². The molecule has 0 bridgehead atoms. The molecule has 2 aromatic rings. The first-order valence-corrected chi connectivity index (χ1v) is 7.63. The average molecular weight is 275 g/mol. The zero-order valence-corrected chi connectivity index (χ0v) is 12.9. The first kappa shape index (κ1) is 12.7. The Morgan fingerprint density at radius 2 is 2.05 bits per heavy atom. The van der Waals surface area contributed by atoms with Gasteiger partial charge >= 0.3 is 0 Å². The second-order valence-corrected chi connectivity index (χ2v) is 7.36. The van der Waals surface area contributed by atoms with E-state index >= 15 is 0 Å². The van der Waals surface area contributed by atoms with E-state index in [2.05, 4.69) is 32.8 Å². The molecule has 2 aromatic heterocycles. The largest absolute Gasteiger partial charge is 0.397 e. The number of nitrogens with two attached hydrogens (primary N) is 1. The van der Waals surface area contributed by atoms with Crippen LogP contribution in [-0.4, -0.2) is 19.1 Å². The molecule has 2 N–H and O–H groups in total. The van der Waals surface area contributed by atoms with Crippen molar-refractivity contribution in [2.45, 2.75) is 33.1 Å². The highest BCUT2D eigenvalue weighted by Crippen LogP contribution is 2.43. The van der Waals surface area contributed by atoms with Crippen molar-refractivity contribution >= 4 is 33.1 Å². The molecule has 3 nitrogen and oxygen atoms in total. The summed E-state index contributed by atoms with van der Waals surface area (Å²) >= 11 is 1.66. The van der Waals surface area contributed by atoms with Crippen LogP contribution < -0.4 is 10.6 Å². The first-order chi connectivity index (χ1) is 8.89. The molecule has 0 unspecified atom stereocenters. The molecule has 0 saturated heterocycles. The van der Waals surface area contributed by atoms with Gasteiger partial charge in [-0.25, -0.2) is 4.98 Å². The van der Waals surface area contributed by atoms with Gasteiger partial charge in [0.15, 0.2) is 0 Å². The third-order valence-electron chi connectivity index (χ3n) is 4.07. The van der Waals surface area contributed by atoms with Gasteiger partial charge in [-0.3, -0.25) is 0 Å². The lowest BCUT2D eigenvalue weighted by molar-refractivity contribution is 0.317. The molecular formula is C15H21N3S. The van der Waals surface area contributed by atoms with Crippen LogP contribution in [0.2, 0.25) is 0 Å². The van der Waals surface area contributed by atoms with E-state index in [1.165, 1.54) is 22.9 Å². The molecule has 0 fully saturated rings. The summed E-state index contributed by atoms with van der Waals surface area (Å²) in [4.78, 5) is 8.03. The minimum atomic E-state index is 0.360. The van der Waals surface area contributed by atoms with Gasteiger partial charge in [0, 0.05) is 24.9 Å². The molecule has 0 aromatic carbocycles. The van der Waals surface area contributed by atoms with Crippen molar-refractivity contribution in [1.29, 1.82) is 0 Å². The van der Waals surface area contributed by atoms with E-state index in [0.717, 1.165) is 29.2 Å². The molecule has 4 heteroatoms. The Hall–Kier alpha value is -1.29. The van der Waals surface area contributed by atoms with E-state index < -0.39 is 0 Å². The van der Waals surface area contributed by atoms with E-state index in [1.54, 1.807) is 11.3 Å². The first-order valence-electron chi connectivity index (χ1n) is 6.75. The lowest BCUT2D eigenvalue weighted by Crippen LogP contribution is -2.25. The van der Waals surface area contributed by atoms with Crippen LogP contribution in [0.15, 0.2) is 5.38 Å². The second kappa shape index (κ2) is 4.10. The number of pyridine rings is 1. The van der Waals surface area contributed by atoms with Gasteiger partial charge in [-0.1, -0.05) is 13.8 Å². The molecule has 0 amide bonds. The standard InChI is InChI=1S/C15H21N3S/c1-15(2)6-5-9-10(7-15)12-11(16)8-19-14(12)17-13(9)18(3)4/h8H,5-7,16H2,1-4H3. The third-order valence-corrected chi connectivity index (χ3v) is 4.96. The lowest BCUT2D eigenvalue weighted by Gasteiger charge is -2.33. The number of nitrogen functional groups attached to an aromatic ring is 1. The topological polar surface area (TPSA) is 42.2 Å². The van der Waals surface area contributed by atoms with Gasteiger partial charge in [0.2, 0.25) is 0 Å². The van der Waals surface area contributed by atoms with Crippen molar-refractivity contribution in [2.75, 3.05) is 24.7 Å². The van der Waals surface area contributed by atoms with Crippen molar-refractivity contribution in [3.8, 4) is 0 Å². The molecule has 0 spiro atoms. The van der Waals surface area contributed by atoms with E-state index in [1.807, 2.05) is 5.38 Å². The predicted molar refractivity (Wildman–Crippen MR) is 84.2 cm³/mol. The van der Waals surface area contributed by atoms with Crippen LogP contribution in [0.5, 0.6) is 0 Å². The van der Waals surface area contributed by atoms with Gasteiger partial charge < -0.3 is 10.6 Å². The molecule has 2 heterocycles. The molecule has 0 saturated carbocycles. The summed E-state index contributed by atoms with van der Waals surface area (Å²) in [6.45, 7) is 4.69. The Morgan fingerprint density at radius 3 is 2.74 bits per heavy atom. The number of hydrogen-bond donors (Lipinski definition) is 1. The van der Waals surface area contributed by atoms with Gasteiger partial charge in [-0.05, 0) is 35.8 Å². The minimum absolute atomic E-state index is 0.360. The zero-order chi connectivity index (χ0) is 13.8. The smallest absolute Gasteiger partial charge is 0.133 e. The fraction of sp³-hybridized carbons (Fsp3) is 0.533. The summed E-state index contributed by atoms with van der Waals surface area (Å²) in [5.74, 6) is 1.12. The summed E-state index contributed by atoms with van der Waals surface area (Å²) in [7, 11) is 4.15. The Bertz CT molecular complexity index is 640. The molecular weight excluding hydrogens is 254 g/mol. The molecule has 1 aliphatic rings. The van der Waals surface area contributed by atoms with Crippen molar-refractivity contribution in [2.24, 2.45) is 5.41 Å². The Labute approximate surface area is 118 Å². The minimum Gasteiger partial charge on any atom is -0.397 e. The number of thiophene rings is 1. The number of hydrogen-bond acceptors (Lipinski definition) is 4. The van der Waals surface area contributed by atoms with E-state index in [4.69, 9.17) is 10.7 Å². The summed E-state index contributed by atoms with van der Waals surface area (Å²) in [5.41, 5.74) is 10.3. The summed E-state index contributed by atoms with van der Waals surface area (Å²) in [6, 6.07) is 0. The Kier molecular flexibility index (Phi) is 2.75. The van der Waals surface area contributed by atoms with Crippen molar-refractivity contribution < 1.29 is 0 Å². The second-order valence-electron chi connectivity index (χ2n) is 6.50. The lowest BCUT2D eigenvalue weighted by atomic mass is 9.73. The molecule has 0 aliphatic heterocycles. The average Bonchev–Trinajstić information content (AvgIpc) is 2.68. The van der Waals surface area contributed by atoms with Gasteiger partial charge in [-0.15, -0.1) is 11.3 Å². The number of fused-ring (bicyclic) bond motifs is 3. The number of anilines is 2. The van der Waals surface area contributed by atoms with Gasteiger partial charge in [0.05, 0.1) is 5.69 Å². The van der Waals surface area contributed by atoms with Crippen molar-refractivity contribution in [1.82, 2.24) is 4.98 Å².